The fraction of sp³-hybridized carbons (Fsp3) is 0.489. The Bertz CT molecular complexity index is 5590. The molecule has 11 bridgehead atoms. The number of halogens is 2. The number of amides is 8. The summed E-state index contributed by atoms with van der Waals surface area (Å²) in [5, 5.41) is 143. The summed E-state index contributed by atoms with van der Waals surface area (Å²) in [6.07, 6.45) is -14.6. The Balaban J connectivity index is 1.07. The van der Waals surface area contributed by atoms with Crippen LogP contribution in [0.25, 0.3) is 11.1 Å². The number of ether oxygens (including phenoxy) is 8. The van der Waals surface area contributed by atoms with Crippen LogP contribution in [0.3, 0.4) is 0 Å². The molecular weight excluding hydrogens is 1910 g/mol. The number of aliphatic carboxylic acids is 1. The Morgan fingerprint density at radius 3 is 1.94 bits per heavy atom. The van der Waals surface area contributed by atoms with E-state index in [4.69, 9.17) is 66.8 Å². The molecule has 6 aromatic rings. The molecule has 47 heteroatoms. The molecule has 7 heterocycles. The van der Waals surface area contributed by atoms with Crippen LogP contribution in [-0.2, 0) is 89.4 Å². The summed E-state index contributed by atoms with van der Waals surface area (Å²) >= 11 is 14.4. The molecule has 0 spiro atoms. The smallest absolute Gasteiger partial charge is 0.410 e. The van der Waals surface area contributed by atoms with Crippen LogP contribution >= 0.6 is 30.8 Å². The number of carbonyl (C=O) groups excluding carboxylic acids is 11. The number of aromatic hydroxyl groups is 3. The number of primary amides is 1. The number of phenolic OH excluding ortho intramolecular Hbond substituents is 3. The number of aliphatic hydroxyl groups is 6. The number of nitrogens with one attached hydrogen (secondary N) is 9. The van der Waals surface area contributed by atoms with Gasteiger partial charge in [0.1, 0.15) is 126 Å². The molecule has 19 unspecified atom stereocenters. The van der Waals surface area contributed by atoms with Crippen LogP contribution in [0.5, 0.6) is 51.7 Å². The van der Waals surface area contributed by atoms with Gasteiger partial charge in [-0.15, -0.1) is 0 Å². The topological polar surface area (TPSA) is 676 Å². The van der Waals surface area contributed by atoms with E-state index >= 15 is 28.8 Å². The average Bonchev–Trinajstić information content (AvgIpc) is 0.756. The van der Waals surface area contributed by atoms with Gasteiger partial charge in [0.15, 0.2) is 29.9 Å². The van der Waals surface area contributed by atoms with Crippen molar-refractivity contribution >= 4 is 103 Å². The minimum atomic E-state index is -4.86. The van der Waals surface area contributed by atoms with Gasteiger partial charge < -0.3 is 162 Å². The molecule has 0 aliphatic carbocycles. The SMILES string of the molecule is CCCCCCCCCCNCCN(C(=O)OCc1ccc(OC(=O)CCC(C=O)P(=O)(O)O)cc1)C1(C)CC(OC2C(Oc3c4cc5cc3Oc3ccc(cc3Cl)C(O)C3NC(=O)C(NC(=O)C5NC(=O)C(CC(N)=O)NC(=O)C(NC(=O)C(CC(C)C)NC)C(O)c5ccc(c(Cl)c5)O4)c4ccc(O)c(c4)-c4c(cc(O)c(CNCC=O)c4O)C(C(=O)O)NC3=O)OC(CO)C(O)C2O)OC(C)C1O. The van der Waals surface area contributed by atoms with Gasteiger partial charge in [0.05, 0.1) is 52.9 Å². The van der Waals surface area contributed by atoms with E-state index in [2.05, 4.69) is 54.8 Å². The number of rotatable bonds is 38. The second kappa shape index (κ2) is 49.3. The van der Waals surface area contributed by atoms with E-state index in [0.717, 1.165) is 118 Å². The number of benzene rings is 6. The van der Waals surface area contributed by atoms with Gasteiger partial charge in [0.25, 0.3) is 0 Å². The third-order valence-corrected chi connectivity index (χ3v) is 26.7. The maximum Gasteiger partial charge on any atom is 0.410 e. The molecule has 8 amide bonds. The van der Waals surface area contributed by atoms with Crippen molar-refractivity contribution in [3.05, 3.63) is 146 Å². The Morgan fingerprint density at radius 1 is 0.709 bits per heavy atom. The van der Waals surface area contributed by atoms with E-state index in [9.17, 15) is 94.2 Å². The van der Waals surface area contributed by atoms with Crippen molar-refractivity contribution < 1.29 is 161 Å². The van der Waals surface area contributed by atoms with Crippen LogP contribution in [0.4, 0.5) is 4.79 Å². The molecule has 44 nitrogen and oxygen atoms in total. The second-order valence-corrected chi connectivity index (χ2v) is 38.2. The van der Waals surface area contributed by atoms with Crippen LogP contribution in [0.15, 0.2) is 97.1 Å². The number of carboxylic acids is 1. The van der Waals surface area contributed by atoms with Gasteiger partial charge in [0.2, 0.25) is 53.4 Å². The summed E-state index contributed by atoms with van der Waals surface area (Å²) in [5.41, 5.74) is -1.24. The first-order chi connectivity index (χ1) is 67.0. The number of carboxylic acid groups (broad SMARTS) is 1. The highest BCUT2D eigenvalue weighted by Crippen LogP contribution is 2.52. The lowest BCUT2D eigenvalue weighted by atomic mass is 9.83. The number of carbonyl (C=O) groups is 12. The number of unbranched alkanes of at least 4 members (excludes halogenated alkanes) is 7. The lowest BCUT2D eigenvalue weighted by molar-refractivity contribution is -0.337. The highest BCUT2D eigenvalue weighted by Gasteiger charge is 2.55. The lowest BCUT2D eigenvalue weighted by Gasteiger charge is -2.51. The number of nitrogens with two attached hydrogens (primary N) is 1. The predicted molar refractivity (Wildman–Crippen MR) is 498 cm³/mol. The molecule has 2 saturated heterocycles. The third-order valence-electron chi connectivity index (χ3n) is 24.8. The molecule has 23 N–H and O–H groups in total. The number of nitrogens with zero attached hydrogens (tertiary/aromatic N) is 1. The summed E-state index contributed by atoms with van der Waals surface area (Å²) in [6.45, 7) is 6.69. The maximum atomic E-state index is 16.5. The van der Waals surface area contributed by atoms with E-state index in [1.54, 1.807) is 13.8 Å². The molecule has 7 aliphatic heterocycles. The van der Waals surface area contributed by atoms with E-state index in [1.807, 2.05) is 0 Å². The number of aliphatic hydroxyl groups excluding tert-OH is 6. The summed E-state index contributed by atoms with van der Waals surface area (Å²) in [4.78, 5) is 191. The van der Waals surface area contributed by atoms with Gasteiger partial charge in [0, 0.05) is 49.2 Å². The summed E-state index contributed by atoms with van der Waals surface area (Å²) in [7, 11) is -3.41. The molecule has 19 atom stereocenters. The van der Waals surface area contributed by atoms with Gasteiger partial charge in [-0.25, -0.2) is 9.59 Å². The quantitative estimate of drug-likeness (QED) is 0.00847. The molecule has 141 heavy (non-hydrogen) atoms. The number of aldehydes is 2. The van der Waals surface area contributed by atoms with Crippen LogP contribution < -0.4 is 72.5 Å². The van der Waals surface area contributed by atoms with Crippen molar-refractivity contribution in [2.45, 2.75) is 246 Å². The molecule has 6 aromatic carbocycles. The Hall–Kier alpha value is -11.8. The molecule has 7 aliphatic rings. The monoisotopic (exact) mass is 2030 g/mol. The Morgan fingerprint density at radius 2 is 1.33 bits per heavy atom. The number of fused-ring (bicyclic) bond motifs is 15. The fourth-order valence-corrected chi connectivity index (χ4v) is 18.2. The van der Waals surface area contributed by atoms with Crippen molar-refractivity contribution in [2.75, 3.05) is 39.8 Å². The Kier molecular flexibility index (Phi) is 38.3. The van der Waals surface area contributed by atoms with Crippen LogP contribution in [0, 0.1) is 5.92 Å². The number of hydrogen-bond donors (Lipinski definition) is 22. The molecule has 0 saturated carbocycles. The first kappa shape index (κ1) is 110. The summed E-state index contributed by atoms with van der Waals surface area (Å²) in [6, 6.07) is 2.92. The number of likely N-dealkylation sites (N-methyl/N-ethyl adjacent to an activating group) is 1. The zero-order valence-corrected chi connectivity index (χ0v) is 80.1. The van der Waals surface area contributed by atoms with Crippen molar-refractivity contribution in [3.8, 4) is 62.9 Å². The lowest BCUT2D eigenvalue weighted by Crippen LogP contribution is -2.67. The molecule has 2 fully saturated rings. The Labute approximate surface area is 818 Å². The van der Waals surface area contributed by atoms with E-state index in [-0.39, 0.29) is 55.1 Å². The average molecular weight is 2030 g/mol. The van der Waals surface area contributed by atoms with Crippen LogP contribution in [0.1, 0.15) is 187 Å². The first-order valence-electron chi connectivity index (χ1n) is 45.8. The normalized spacial score (nSPS) is 24.6. The second-order valence-electron chi connectivity index (χ2n) is 35.5. The van der Waals surface area contributed by atoms with E-state index in [1.165, 1.54) is 56.1 Å². The molecule has 0 radical (unpaired) electrons. The molecule has 766 valence electrons. The number of esters is 1. The minimum Gasteiger partial charge on any atom is -0.507 e. The standard InChI is InChI=1S/C94H118Cl2N11O33P/c1-7-8-9-10-11-12-13-14-27-99-28-30-107(93(129)133-44-47-15-20-52(21-16-47)135-69(114)26-22-53(42-109)141(130,131)132)94(5)40-70(134-46(4)84(94)120)139-83-81(119)80(118)67(43-110)138-92(83)140-82-65-36-51-37-66(82)137-64-25-19-50(35-58(64)96)78(116)76-90(126)104-74(91(127)128)55-38-62(112)56(41-100-29-31-108)79(117)71(55)54-33-48(17-23-61(54)111)72(87(123)106-76)103-88(124)73(51)102-86(122)60(39-68(97)113)101-89(125)75(105-85(121)59(98-6)32-45(2)3)77(115)49-18-24-63(136-65)57(95)34-49/h15-21,23-25,31,33-38,42,45-46,53,59-60,67,70,72-78,80-81,83-84,92,98-100,110-112,115-120H,7-14,22,26-30,32,39-41,43-44H2,1-6H3,(H2,97,113)(H,101,125)(H,102,122)(H,103,124)(H,104,126)(H,105,121)(H,106,123)(H,127,128)(H2,130,131,132). The highest BCUT2D eigenvalue weighted by molar-refractivity contribution is 7.53. The molecule has 0 aromatic heterocycles. The molecule has 13 rings (SSSR count). The zero-order valence-electron chi connectivity index (χ0n) is 77.7. The fourth-order valence-electron chi connectivity index (χ4n) is 17.1. The van der Waals surface area contributed by atoms with Crippen molar-refractivity contribution in [2.24, 2.45) is 11.7 Å². The van der Waals surface area contributed by atoms with Crippen LogP contribution in [-0.4, -0.2) is 262 Å². The number of phenols is 3. The highest BCUT2D eigenvalue weighted by atomic mass is 35.5. The van der Waals surface area contributed by atoms with Gasteiger partial charge in [-0.05, 0) is 147 Å². The van der Waals surface area contributed by atoms with Crippen molar-refractivity contribution in [1.82, 2.24) is 52.8 Å². The first-order valence-corrected chi connectivity index (χ1v) is 48.2. The minimum absolute atomic E-state index is 0.0166. The van der Waals surface area contributed by atoms with Gasteiger partial charge in [-0.3, -0.25) is 47.8 Å². The maximum absolute atomic E-state index is 16.5. The predicted octanol–water partition coefficient (Wildman–Crippen LogP) is 4.24. The molecular formula is C94H118Cl2N11O33P. The zero-order chi connectivity index (χ0) is 103. The van der Waals surface area contributed by atoms with E-state index < -0.39 is 317 Å². The third kappa shape index (κ3) is 27.2. The van der Waals surface area contributed by atoms with Gasteiger partial charge in [-0.2, -0.15) is 0 Å². The van der Waals surface area contributed by atoms with Crippen molar-refractivity contribution in [3.63, 3.8) is 0 Å². The largest absolute Gasteiger partial charge is 0.507 e. The van der Waals surface area contributed by atoms with E-state index in [0.29, 0.717) is 18.4 Å². The van der Waals surface area contributed by atoms with Gasteiger partial charge in [-0.1, -0.05) is 119 Å². The van der Waals surface area contributed by atoms with Crippen LogP contribution in [0.2, 0.25) is 10.0 Å². The number of hydrogen-bond acceptors (Lipinski definition) is 33. The summed E-state index contributed by atoms with van der Waals surface area (Å²) < 4.78 is 63.0. The van der Waals surface area contributed by atoms with Gasteiger partial charge >= 0.3 is 25.6 Å². The van der Waals surface area contributed by atoms with Crippen molar-refractivity contribution in [1.29, 1.82) is 0 Å². The summed E-state index contributed by atoms with van der Waals surface area (Å²) in [5.74, 6) is -18.3.